The Morgan fingerprint density at radius 2 is 1.94 bits per heavy atom. The van der Waals surface area contributed by atoms with E-state index in [2.05, 4.69) is 25.2 Å². The predicted molar refractivity (Wildman–Crippen MR) is 131 cm³/mol. The van der Waals surface area contributed by atoms with E-state index in [0.717, 1.165) is 23.1 Å². The van der Waals surface area contributed by atoms with Crippen molar-refractivity contribution in [2.45, 2.75) is 46.3 Å². The number of benzene rings is 2. The molecule has 1 aromatic heterocycles. The minimum Gasteiger partial charge on any atom is -0.481 e. The van der Waals surface area contributed by atoms with Gasteiger partial charge in [-0.25, -0.2) is 0 Å². The van der Waals surface area contributed by atoms with Crippen LogP contribution in [0.1, 0.15) is 59.6 Å². The van der Waals surface area contributed by atoms with Crippen molar-refractivity contribution in [1.29, 1.82) is 0 Å². The van der Waals surface area contributed by atoms with Crippen LogP contribution >= 0.6 is 0 Å². The van der Waals surface area contributed by atoms with Crippen LogP contribution in [0, 0.1) is 12.8 Å². The van der Waals surface area contributed by atoms with Crippen LogP contribution in [0.5, 0.6) is 5.75 Å². The van der Waals surface area contributed by atoms with Crippen molar-refractivity contribution in [2.24, 2.45) is 5.92 Å². The quantitative estimate of drug-likeness (QED) is 0.544. The second kappa shape index (κ2) is 10.2. The summed E-state index contributed by atoms with van der Waals surface area (Å²) in [4.78, 5) is 27.7. The monoisotopic (exact) mass is 460 g/mol. The van der Waals surface area contributed by atoms with Crippen LogP contribution in [0.2, 0.25) is 0 Å². The lowest BCUT2D eigenvalue weighted by Gasteiger charge is -2.37. The third-order valence-electron chi connectivity index (χ3n) is 6.06. The van der Waals surface area contributed by atoms with Crippen molar-refractivity contribution < 1.29 is 18.7 Å². The normalized spacial score (nSPS) is 16.1. The maximum absolute atomic E-state index is 13.4. The Morgan fingerprint density at radius 1 is 1.12 bits per heavy atom. The first-order chi connectivity index (χ1) is 16.3. The smallest absolute Gasteiger partial charge is 0.290 e. The van der Waals surface area contributed by atoms with Gasteiger partial charge in [0.1, 0.15) is 5.75 Å². The maximum Gasteiger partial charge on any atom is 0.290 e. The number of furan rings is 1. The van der Waals surface area contributed by atoms with Crippen molar-refractivity contribution in [2.75, 3.05) is 13.1 Å². The third-order valence-corrected chi connectivity index (χ3v) is 6.06. The molecule has 0 spiro atoms. The molecule has 0 radical (unpaired) electrons. The highest BCUT2D eigenvalue weighted by Gasteiger charge is 2.34. The van der Waals surface area contributed by atoms with Crippen molar-refractivity contribution >= 4 is 11.8 Å². The number of hydrogen-bond donors (Lipinski definition) is 1. The molecule has 0 aliphatic carbocycles. The molecular formula is C28H32N2O4. The molecule has 2 aromatic carbocycles. The summed E-state index contributed by atoms with van der Waals surface area (Å²) in [6.07, 6.45) is 1.62. The SMILES string of the molecule is Cc1cccc(C2c3cc(OC(C)C(=O)NCC(C)C)ccc3CCN2C(=O)c2ccco2)c1. The highest BCUT2D eigenvalue weighted by Crippen LogP contribution is 2.38. The van der Waals surface area contributed by atoms with Gasteiger partial charge in [0.05, 0.1) is 12.3 Å². The minimum absolute atomic E-state index is 0.142. The molecule has 2 amide bonds. The van der Waals surface area contributed by atoms with Gasteiger partial charge in [-0.1, -0.05) is 49.7 Å². The zero-order chi connectivity index (χ0) is 24.2. The van der Waals surface area contributed by atoms with Crippen LogP contribution in [-0.4, -0.2) is 35.9 Å². The van der Waals surface area contributed by atoms with E-state index in [0.29, 0.717) is 30.5 Å². The van der Waals surface area contributed by atoms with Gasteiger partial charge in [0.25, 0.3) is 11.8 Å². The van der Waals surface area contributed by atoms with Gasteiger partial charge in [-0.15, -0.1) is 0 Å². The van der Waals surface area contributed by atoms with Crippen LogP contribution < -0.4 is 10.1 Å². The van der Waals surface area contributed by atoms with Crippen LogP contribution in [-0.2, 0) is 11.2 Å². The predicted octanol–water partition coefficient (Wildman–Crippen LogP) is 4.92. The van der Waals surface area contributed by atoms with E-state index < -0.39 is 6.10 Å². The Morgan fingerprint density at radius 3 is 2.65 bits per heavy atom. The van der Waals surface area contributed by atoms with Crippen molar-refractivity contribution in [1.82, 2.24) is 10.2 Å². The lowest BCUT2D eigenvalue weighted by molar-refractivity contribution is -0.127. The molecule has 0 saturated carbocycles. The number of hydrogen-bond acceptors (Lipinski definition) is 4. The summed E-state index contributed by atoms with van der Waals surface area (Å²) < 4.78 is 11.4. The van der Waals surface area contributed by atoms with Gasteiger partial charge in [0.15, 0.2) is 11.9 Å². The number of nitrogens with zero attached hydrogens (tertiary/aromatic N) is 1. The zero-order valence-electron chi connectivity index (χ0n) is 20.2. The molecule has 1 N–H and O–H groups in total. The molecule has 1 aliphatic heterocycles. The first kappa shape index (κ1) is 23.6. The molecule has 178 valence electrons. The summed E-state index contributed by atoms with van der Waals surface area (Å²) in [5.41, 5.74) is 4.32. The van der Waals surface area contributed by atoms with E-state index in [1.807, 2.05) is 48.2 Å². The first-order valence-corrected chi connectivity index (χ1v) is 11.8. The zero-order valence-corrected chi connectivity index (χ0v) is 20.2. The van der Waals surface area contributed by atoms with E-state index in [9.17, 15) is 9.59 Å². The summed E-state index contributed by atoms with van der Waals surface area (Å²) >= 11 is 0. The second-order valence-electron chi connectivity index (χ2n) is 9.30. The topological polar surface area (TPSA) is 71.8 Å². The minimum atomic E-state index is -0.626. The molecule has 6 heteroatoms. The Hall–Kier alpha value is -3.54. The molecule has 0 saturated heterocycles. The number of fused-ring (bicyclic) bond motifs is 1. The number of ether oxygens (including phenoxy) is 1. The fraction of sp³-hybridized carbons (Fsp3) is 0.357. The van der Waals surface area contributed by atoms with E-state index in [4.69, 9.17) is 9.15 Å². The van der Waals surface area contributed by atoms with Crippen LogP contribution in [0.3, 0.4) is 0 Å². The van der Waals surface area contributed by atoms with Gasteiger partial charge < -0.3 is 19.4 Å². The van der Waals surface area contributed by atoms with E-state index in [1.54, 1.807) is 19.1 Å². The Bertz CT molecular complexity index is 1150. The number of amides is 2. The summed E-state index contributed by atoms with van der Waals surface area (Å²) in [5.74, 6) is 1.01. The van der Waals surface area contributed by atoms with E-state index in [1.165, 1.54) is 11.8 Å². The summed E-state index contributed by atoms with van der Waals surface area (Å²) in [6, 6.07) is 17.3. The number of nitrogens with one attached hydrogen (secondary N) is 1. The van der Waals surface area contributed by atoms with Gasteiger partial charge in [-0.3, -0.25) is 9.59 Å². The second-order valence-corrected chi connectivity index (χ2v) is 9.30. The molecule has 2 unspecified atom stereocenters. The van der Waals surface area contributed by atoms with Crippen LogP contribution in [0.4, 0.5) is 0 Å². The van der Waals surface area contributed by atoms with Crippen LogP contribution in [0.15, 0.2) is 65.3 Å². The number of carbonyl (C=O) groups excluding carboxylic acids is 2. The van der Waals surface area contributed by atoms with Gasteiger partial charge in [0, 0.05) is 13.1 Å². The third kappa shape index (κ3) is 5.16. The van der Waals surface area contributed by atoms with E-state index >= 15 is 0 Å². The molecular weight excluding hydrogens is 428 g/mol. The standard InChI is InChI=1S/C28H32N2O4/c1-18(2)17-29-27(31)20(4)34-23-11-10-21-12-13-30(28(32)25-9-6-14-33-25)26(24(21)16-23)22-8-5-7-19(3)15-22/h5-11,14-16,18,20,26H,12-13,17H2,1-4H3,(H,29,31). The molecule has 6 nitrogen and oxygen atoms in total. The molecule has 1 aliphatic rings. The van der Waals surface area contributed by atoms with Crippen LogP contribution in [0.25, 0.3) is 0 Å². The summed E-state index contributed by atoms with van der Waals surface area (Å²) in [5, 5.41) is 2.92. The average molecular weight is 461 g/mol. The van der Waals surface area contributed by atoms with E-state index in [-0.39, 0.29) is 17.9 Å². The fourth-order valence-electron chi connectivity index (χ4n) is 4.33. The van der Waals surface area contributed by atoms with Crippen molar-refractivity contribution in [3.8, 4) is 5.75 Å². The summed E-state index contributed by atoms with van der Waals surface area (Å²) in [7, 11) is 0. The summed E-state index contributed by atoms with van der Waals surface area (Å²) in [6.45, 7) is 9.09. The van der Waals surface area contributed by atoms with Crippen molar-refractivity contribution in [3.63, 3.8) is 0 Å². The Labute approximate surface area is 200 Å². The van der Waals surface area contributed by atoms with Gasteiger partial charge >= 0.3 is 0 Å². The highest BCUT2D eigenvalue weighted by atomic mass is 16.5. The number of aryl methyl sites for hydroxylation is 1. The molecule has 2 heterocycles. The molecule has 34 heavy (non-hydrogen) atoms. The Kier molecular flexibility index (Phi) is 7.06. The molecule has 2 atom stereocenters. The van der Waals surface area contributed by atoms with Gasteiger partial charge in [0.2, 0.25) is 0 Å². The number of carbonyl (C=O) groups is 2. The molecule has 3 aromatic rings. The molecule has 0 fully saturated rings. The maximum atomic E-state index is 13.4. The van der Waals surface area contributed by atoms with Gasteiger partial charge in [-0.05, 0) is 67.1 Å². The van der Waals surface area contributed by atoms with Crippen molar-refractivity contribution in [3.05, 3.63) is 88.9 Å². The lowest BCUT2D eigenvalue weighted by atomic mass is 9.87. The first-order valence-electron chi connectivity index (χ1n) is 11.8. The number of rotatable bonds is 7. The van der Waals surface area contributed by atoms with Gasteiger partial charge in [-0.2, -0.15) is 0 Å². The lowest BCUT2D eigenvalue weighted by Crippen LogP contribution is -2.40. The molecule has 4 rings (SSSR count). The highest BCUT2D eigenvalue weighted by molar-refractivity contribution is 5.92. The average Bonchev–Trinajstić information content (AvgIpc) is 3.36. The largest absolute Gasteiger partial charge is 0.481 e. The fourth-order valence-corrected chi connectivity index (χ4v) is 4.33. The molecule has 0 bridgehead atoms. The Balaban J connectivity index is 1.67.